The van der Waals surface area contributed by atoms with E-state index in [1.165, 1.54) is 48.6 Å². The molecule has 3 heteroatoms. The highest BCUT2D eigenvalue weighted by atomic mass is 32.2. The molecule has 0 radical (unpaired) electrons. The monoisotopic (exact) mass is 204 g/mol. The molecule has 0 spiro atoms. The maximum atomic E-state index is 8.47. The number of rotatable bonds is 2. The van der Waals surface area contributed by atoms with E-state index in [-0.39, 0.29) is 0 Å². The molecule has 2 rings (SSSR count). The normalized spacial score (nSPS) is 14.5. The smallest absolute Gasteiger partial charge is 0.0972 e. The Balaban J connectivity index is 2.17. The fourth-order valence-corrected chi connectivity index (χ4v) is 2.34. The summed E-state index contributed by atoms with van der Waals surface area (Å²) >= 11 is 1.52. The topological polar surface area (TPSA) is 36.7 Å². The Hall–Kier alpha value is -1.01. The van der Waals surface area contributed by atoms with Gasteiger partial charge in [-0.05, 0) is 42.9 Å². The van der Waals surface area contributed by atoms with Crippen LogP contribution in [0.25, 0.3) is 0 Å². The lowest BCUT2D eigenvalue weighted by atomic mass is 9.94. The minimum atomic E-state index is 0.492. The lowest BCUT2D eigenvalue weighted by Crippen LogP contribution is -2.03. The molecule has 0 aromatic carbocycles. The molecule has 1 aromatic heterocycles. The number of pyridine rings is 1. The first kappa shape index (κ1) is 9.54. The van der Waals surface area contributed by atoms with Crippen LogP contribution in [0.15, 0.2) is 17.3 Å². The van der Waals surface area contributed by atoms with Crippen molar-refractivity contribution in [3.05, 3.63) is 23.4 Å². The zero-order valence-electron chi connectivity index (χ0n) is 7.99. The Bertz CT molecular complexity index is 368. The summed E-state index contributed by atoms with van der Waals surface area (Å²) in [6.07, 6.45) is 6.91. The molecule has 0 unspecified atom stereocenters. The molecule has 0 bridgehead atoms. The van der Waals surface area contributed by atoms with E-state index in [0.717, 1.165) is 5.03 Å². The van der Waals surface area contributed by atoms with Crippen LogP contribution in [-0.2, 0) is 12.8 Å². The second kappa shape index (κ2) is 4.47. The van der Waals surface area contributed by atoms with Gasteiger partial charge in [0.25, 0.3) is 0 Å². The number of thioether (sulfide) groups is 1. The van der Waals surface area contributed by atoms with Crippen molar-refractivity contribution in [1.29, 1.82) is 5.26 Å². The summed E-state index contributed by atoms with van der Waals surface area (Å²) in [5.41, 5.74) is 2.84. The Morgan fingerprint density at radius 1 is 1.36 bits per heavy atom. The molecule has 0 N–H and O–H groups in total. The Labute approximate surface area is 88.4 Å². The molecule has 14 heavy (non-hydrogen) atoms. The number of nitriles is 1. The highest BCUT2D eigenvalue weighted by Crippen LogP contribution is 2.24. The fourth-order valence-electron chi connectivity index (χ4n) is 1.78. The van der Waals surface area contributed by atoms with Gasteiger partial charge in [-0.1, -0.05) is 11.8 Å². The van der Waals surface area contributed by atoms with E-state index in [4.69, 9.17) is 5.26 Å². The van der Waals surface area contributed by atoms with E-state index < -0.39 is 0 Å². The summed E-state index contributed by atoms with van der Waals surface area (Å²) in [5.74, 6) is 0.492. The van der Waals surface area contributed by atoms with Crippen molar-refractivity contribution >= 4 is 11.8 Å². The predicted octanol–water partition coefficient (Wildman–Crippen LogP) is 2.58. The Morgan fingerprint density at radius 2 is 2.14 bits per heavy atom. The van der Waals surface area contributed by atoms with E-state index >= 15 is 0 Å². The maximum Gasteiger partial charge on any atom is 0.0972 e. The van der Waals surface area contributed by atoms with Crippen molar-refractivity contribution in [1.82, 2.24) is 4.98 Å². The molecule has 0 saturated carbocycles. The number of aromatic nitrogens is 1. The molecule has 1 aromatic rings. The number of hydrogen-bond donors (Lipinski definition) is 0. The number of aryl methyl sites for hydroxylation is 2. The molecule has 0 aliphatic heterocycles. The van der Waals surface area contributed by atoms with Gasteiger partial charge >= 0.3 is 0 Å². The Morgan fingerprint density at radius 3 is 2.93 bits per heavy atom. The van der Waals surface area contributed by atoms with Crippen molar-refractivity contribution in [2.75, 3.05) is 5.75 Å². The third kappa shape index (κ3) is 2.08. The molecular formula is C11H12N2S. The summed E-state index contributed by atoms with van der Waals surface area (Å²) in [6.45, 7) is 0. The zero-order valence-corrected chi connectivity index (χ0v) is 8.81. The van der Waals surface area contributed by atoms with Crippen LogP contribution in [0.4, 0.5) is 0 Å². The van der Waals surface area contributed by atoms with Crippen LogP contribution in [0.3, 0.4) is 0 Å². The second-order valence-corrected chi connectivity index (χ2v) is 4.44. The molecule has 2 nitrogen and oxygen atoms in total. The SMILES string of the molecule is N#CCSc1cc2c(cn1)CCCC2. The van der Waals surface area contributed by atoms with Gasteiger partial charge in [-0.25, -0.2) is 4.98 Å². The maximum absolute atomic E-state index is 8.47. The largest absolute Gasteiger partial charge is 0.250 e. The summed E-state index contributed by atoms with van der Waals surface area (Å²) in [4.78, 5) is 4.34. The van der Waals surface area contributed by atoms with E-state index in [1.807, 2.05) is 6.20 Å². The van der Waals surface area contributed by atoms with Crippen molar-refractivity contribution in [2.45, 2.75) is 30.7 Å². The second-order valence-electron chi connectivity index (χ2n) is 3.45. The van der Waals surface area contributed by atoms with Gasteiger partial charge in [0.2, 0.25) is 0 Å². The highest BCUT2D eigenvalue weighted by molar-refractivity contribution is 7.99. The number of hydrogen-bond acceptors (Lipinski definition) is 3. The first-order chi connectivity index (χ1) is 6.90. The molecule has 72 valence electrons. The van der Waals surface area contributed by atoms with Gasteiger partial charge in [0, 0.05) is 6.20 Å². The first-order valence-corrected chi connectivity index (χ1v) is 5.86. The molecule has 0 saturated heterocycles. The van der Waals surface area contributed by atoms with Crippen LogP contribution in [0.5, 0.6) is 0 Å². The van der Waals surface area contributed by atoms with Gasteiger partial charge < -0.3 is 0 Å². The van der Waals surface area contributed by atoms with Crippen molar-refractivity contribution in [2.24, 2.45) is 0 Å². The molecule has 0 atom stereocenters. The average molecular weight is 204 g/mol. The summed E-state index contributed by atoms with van der Waals surface area (Å²) in [6, 6.07) is 4.27. The number of nitrogens with zero attached hydrogens (tertiary/aromatic N) is 2. The van der Waals surface area contributed by atoms with Crippen LogP contribution < -0.4 is 0 Å². The van der Waals surface area contributed by atoms with Crippen LogP contribution in [-0.4, -0.2) is 10.7 Å². The molecule has 0 amide bonds. The van der Waals surface area contributed by atoms with Gasteiger partial charge in [-0.2, -0.15) is 5.26 Å². The fraction of sp³-hybridized carbons (Fsp3) is 0.455. The number of fused-ring (bicyclic) bond motifs is 1. The van der Waals surface area contributed by atoms with Crippen molar-refractivity contribution in [3.8, 4) is 6.07 Å². The summed E-state index contributed by atoms with van der Waals surface area (Å²) in [7, 11) is 0. The Kier molecular flexibility index (Phi) is 3.05. The van der Waals surface area contributed by atoms with E-state index in [2.05, 4.69) is 17.1 Å². The highest BCUT2D eigenvalue weighted by Gasteiger charge is 2.10. The van der Waals surface area contributed by atoms with E-state index in [1.54, 1.807) is 0 Å². The standard InChI is InChI=1S/C11H12N2S/c12-5-6-14-11-7-9-3-1-2-4-10(9)8-13-11/h7-8H,1-4,6H2. The molecular weight excluding hydrogens is 192 g/mol. The minimum absolute atomic E-state index is 0.492. The van der Waals surface area contributed by atoms with Crippen LogP contribution in [0, 0.1) is 11.3 Å². The predicted molar refractivity (Wildman–Crippen MR) is 57.2 cm³/mol. The zero-order chi connectivity index (χ0) is 9.80. The van der Waals surface area contributed by atoms with Gasteiger partial charge in [0.1, 0.15) is 0 Å². The molecule has 1 heterocycles. The van der Waals surface area contributed by atoms with Crippen LogP contribution >= 0.6 is 11.8 Å². The molecule has 1 aliphatic rings. The van der Waals surface area contributed by atoms with Gasteiger partial charge in [0.05, 0.1) is 16.8 Å². The minimum Gasteiger partial charge on any atom is -0.250 e. The molecule has 0 fully saturated rings. The van der Waals surface area contributed by atoms with Crippen LogP contribution in [0.2, 0.25) is 0 Å². The lowest BCUT2D eigenvalue weighted by molar-refractivity contribution is 0.678. The van der Waals surface area contributed by atoms with E-state index in [9.17, 15) is 0 Å². The van der Waals surface area contributed by atoms with Gasteiger partial charge in [0.15, 0.2) is 0 Å². The molecule has 1 aliphatic carbocycles. The van der Waals surface area contributed by atoms with Crippen molar-refractivity contribution < 1.29 is 0 Å². The third-order valence-corrected chi connectivity index (χ3v) is 3.28. The quantitative estimate of drug-likeness (QED) is 0.695. The third-order valence-electron chi connectivity index (χ3n) is 2.48. The lowest BCUT2D eigenvalue weighted by Gasteiger charge is -2.15. The van der Waals surface area contributed by atoms with Crippen LogP contribution in [0.1, 0.15) is 24.0 Å². The van der Waals surface area contributed by atoms with Crippen molar-refractivity contribution in [3.63, 3.8) is 0 Å². The van der Waals surface area contributed by atoms with Gasteiger partial charge in [-0.15, -0.1) is 0 Å². The summed E-state index contributed by atoms with van der Waals surface area (Å²) in [5, 5.41) is 9.46. The van der Waals surface area contributed by atoms with E-state index in [0.29, 0.717) is 5.75 Å². The average Bonchev–Trinajstić information content (AvgIpc) is 2.26. The van der Waals surface area contributed by atoms with Gasteiger partial charge in [-0.3, -0.25) is 0 Å². The summed E-state index contributed by atoms with van der Waals surface area (Å²) < 4.78 is 0. The first-order valence-electron chi connectivity index (χ1n) is 4.87.